The Morgan fingerprint density at radius 1 is 1.04 bits per heavy atom. The van der Waals surface area contributed by atoms with Gasteiger partial charge in [-0.25, -0.2) is 4.98 Å². The van der Waals surface area contributed by atoms with Gasteiger partial charge in [-0.1, -0.05) is 32.9 Å². The SMILES string of the molecule is CC(C)(C)c1ccc(C(=O)N2C3CCC2CC(n2ccnc2)C3)cc1. The van der Waals surface area contributed by atoms with Crippen molar-refractivity contribution in [1.82, 2.24) is 14.5 Å². The van der Waals surface area contributed by atoms with Crippen molar-refractivity contribution >= 4 is 5.91 Å². The minimum Gasteiger partial charge on any atom is -0.334 e. The van der Waals surface area contributed by atoms with E-state index in [9.17, 15) is 4.79 Å². The van der Waals surface area contributed by atoms with E-state index in [1.807, 2.05) is 30.9 Å². The van der Waals surface area contributed by atoms with Gasteiger partial charge in [0.2, 0.25) is 0 Å². The summed E-state index contributed by atoms with van der Waals surface area (Å²) in [6.07, 6.45) is 10.1. The minimum absolute atomic E-state index is 0.115. The topological polar surface area (TPSA) is 38.1 Å². The van der Waals surface area contributed by atoms with E-state index in [1.54, 1.807) is 0 Å². The maximum absolute atomic E-state index is 13.1. The molecule has 4 nitrogen and oxygen atoms in total. The largest absolute Gasteiger partial charge is 0.334 e. The molecule has 0 saturated carbocycles. The predicted octanol–water partition coefficient (Wildman–Crippen LogP) is 4.19. The molecule has 1 amide bonds. The van der Waals surface area contributed by atoms with Gasteiger partial charge in [0.05, 0.1) is 6.33 Å². The van der Waals surface area contributed by atoms with Gasteiger partial charge in [0.15, 0.2) is 0 Å². The van der Waals surface area contributed by atoms with Gasteiger partial charge in [-0.2, -0.15) is 0 Å². The third-order valence-electron chi connectivity index (χ3n) is 5.89. The fourth-order valence-electron chi connectivity index (χ4n) is 4.47. The monoisotopic (exact) mass is 337 g/mol. The first-order chi connectivity index (χ1) is 11.9. The third kappa shape index (κ3) is 2.99. The molecule has 2 atom stereocenters. The van der Waals surface area contributed by atoms with Crippen molar-refractivity contribution in [1.29, 1.82) is 0 Å². The lowest BCUT2D eigenvalue weighted by atomic mass is 9.86. The molecule has 2 aromatic rings. The molecule has 0 N–H and O–H groups in total. The van der Waals surface area contributed by atoms with Gasteiger partial charge >= 0.3 is 0 Å². The van der Waals surface area contributed by atoms with Crippen LogP contribution >= 0.6 is 0 Å². The molecule has 3 heterocycles. The van der Waals surface area contributed by atoms with Crippen molar-refractivity contribution in [2.24, 2.45) is 0 Å². The van der Waals surface area contributed by atoms with Crippen LogP contribution in [0.1, 0.15) is 68.4 Å². The number of hydrogen-bond donors (Lipinski definition) is 0. The van der Waals surface area contributed by atoms with Gasteiger partial charge in [-0.15, -0.1) is 0 Å². The number of nitrogens with zero attached hydrogens (tertiary/aromatic N) is 3. The molecule has 132 valence electrons. The van der Waals surface area contributed by atoms with Gasteiger partial charge in [-0.3, -0.25) is 4.79 Å². The molecular formula is C21H27N3O. The zero-order valence-corrected chi connectivity index (χ0v) is 15.4. The van der Waals surface area contributed by atoms with E-state index < -0.39 is 0 Å². The van der Waals surface area contributed by atoms with Crippen LogP contribution in [0, 0.1) is 0 Å². The number of aromatic nitrogens is 2. The predicted molar refractivity (Wildman–Crippen MR) is 98.6 cm³/mol. The van der Waals surface area contributed by atoms with Gasteiger partial charge in [0, 0.05) is 36.1 Å². The van der Waals surface area contributed by atoms with Gasteiger partial charge in [0.25, 0.3) is 5.91 Å². The van der Waals surface area contributed by atoms with Crippen molar-refractivity contribution in [3.8, 4) is 0 Å². The van der Waals surface area contributed by atoms with E-state index in [0.29, 0.717) is 18.1 Å². The number of rotatable bonds is 2. The highest BCUT2D eigenvalue weighted by atomic mass is 16.2. The maximum Gasteiger partial charge on any atom is 0.254 e. The summed E-state index contributed by atoms with van der Waals surface area (Å²) in [4.78, 5) is 19.5. The molecule has 4 rings (SSSR count). The Hall–Kier alpha value is -2.10. The van der Waals surface area contributed by atoms with E-state index in [0.717, 1.165) is 31.2 Å². The highest BCUT2D eigenvalue weighted by Crippen LogP contribution is 2.41. The Bertz CT molecular complexity index is 728. The first-order valence-corrected chi connectivity index (χ1v) is 9.34. The number of benzene rings is 1. The molecule has 2 saturated heterocycles. The van der Waals surface area contributed by atoms with Gasteiger partial charge < -0.3 is 9.47 Å². The van der Waals surface area contributed by atoms with Gasteiger partial charge in [0.1, 0.15) is 0 Å². The van der Waals surface area contributed by atoms with Gasteiger partial charge in [-0.05, 0) is 48.8 Å². The zero-order valence-electron chi connectivity index (χ0n) is 15.4. The Morgan fingerprint density at radius 3 is 2.20 bits per heavy atom. The first kappa shape index (κ1) is 16.4. The van der Waals surface area contributed by atoms with E-state index in [2.05, 4.69) is 47.4 Å². The number of carbonyl (C=O) groups excluding carboxylic acids is 1. The number of hydrogen-bond acceptors (Lipinski definition) is 2. The number of fused-ring (bicyclic) bond motifs is 2. The fraction of sp³-hybridized carbons (Fsp3) is 0.524. The van der Waals surface area contributed by atoms with Crippen molar-refractivity contribution in [3.05, 3.63) is 54.1 Å². The van der Waals surface area contributed by atoms with Crippen molar-refractivity contribution < 1.29 is 4.79 Å². The summed E-state index contributed by atoms with van der Waals surface area (Å²) in [5, 5.41) is 0. The molecule has 2 bridgehead atoms. The summed E-state index contributed by atoms with van der Waals surface area (Å²) >= 11 is 0. The fourth-order valence-corrected chi connectivity index (χ4v) is 4.47. The molecule has 0 spiro atoms. The van der Waals surface area contributed by atoms with Crippen molar-refractivity contribution in [3.63, 3.8) is 0 Å². The summed E-state index contributed by atoms with van der Waals surface area (Å²) in [6.45, 7) is 6.60. The average molecular weight is 337 g/mol. The summed E-state index contributed by atoms with van der Waals surface area (Å²) in [7, 11) is 0. The van der Waals surface area contributed by atoms with Crippen LogP contribution in [0.15, 0.2) is 43.0 Å². The van der Waals surface area contributed by atoms with Crippen LogP contribution in [-0.4, -0.2) is 32.4 Å². The van der Waals surface area contributed by atoms with Crippen LogP contribution < -0.4 is 0 Å². The molecular weight excluding hydrogens is 310 g/mol. The smallest absolute Gasteiger partial charge is 0.254 e. The molecule has 2 aliphatic heterocycles. The Labute approximate surface area is 149 Å². The normalized spacial score (nSPS) is 26.0. The highest BCUT2D eigenvalue weighted by molar-refractivity contribution is 5.95. The number of amides is 1. The lowest BCUT2D eigenvalue weighted by Crippen LogP contribution is -2.46. The van der Waals surface area contributed by atoms with E-state index in [-0.39, 0.29) is 11.3 Å². The van der Waals surface area contributed by atoms with Crippen molar-refractivity contribution in [2.45, 2.75) is 70.0 Å². The lowest BCUT2D eigenvalue weighted by Gasteiger charge is -2.39. The molecule has 25 heavy (non-hydrogen) atoms. The Morgan fingerprint density at radius 2 is 1.68 bits per heavy atom. The van der Waals surface area contributed by atoms with Crippen LogP contribution in [0.3, 0.4) is 0 Å². The zero-order chi connectivity index (χ0) is 17.6. The van der Waals surface area contributed by atoms with Crippen LogP contribution in [0.4, 0.5) is 0 Å². The van der Waals surface area contributed by atoms with Crippen LogP contribution in [-0.2, 0) is 5.41 Å². The second-order valence-corrected chi connectivity index (χ2v) is 8.56. The Balaban J connectivity index is 1.52. The molecule has 2 unspecified atom stereocenters. The molecule has 2 aliphatic rings. The Kier molecular flexibility index (Phi) is 3.94. The summed E-state index contributed by atoms with van der Waals surface area (Å²) in [6, 6.07) is 9.42. The quantitative estimate of drug-likeness (QED) is 0.824. The molecule has 0 aliphatic carbocycles. The van der Waals surface area contributed by atoms with E-state index in [1.165, 1.54) is 5.56 Å². The van der Waals surface area contributed by atoms with Crippen LogP contribution in [0.5, 0.6) is 0 Å². The lowest BCUT2D eigenvalue weighted by molar-refractivity contribution is 0.0533. The minimum atomic E-state index is 0.115. The van der Waals surface area contributed by atoms with E-state index in [4.69, 9.17) is 0 Å². The first-order valence-electron chi connectivity index (χ1n) is 9.34. The third-order valence-corrected chi connectivity index (χ3v) is 5.89. The van der Waals surface area contributed by atoms with Crippen LogP contribution in [0.25, 0.3) is 0 Å². The molecule has 1 aromatic heterocycles. The average Bonchev–Trinajstić information content (AvgIpc) is 3.20. The summed E-state index contributed by atoms with van der Waals surface area (Å²) < 4.78 is 2.21. The number of carbonyl (C=O) groups is 1. The second-order valence-electron chi connectivity index (χ2n) is 8.56. The molecule has 4 heteroatoms. The summed E-state index contributed by atoms with van der Waals surface area (Å²) in [5.41, 5.74) is 2.21. The second kappa shape index (κ2) is 6.01. The van der Waals surface area contributed by atoms with Crippen LogP contribution in [0.2, 0.25) is 0 Å². The molecule has 2 fully saturated rings. The standard InChI is InChI=1S/C21H27N3O/c1-21(2,3)16-6-4-15(5-7-16)20(25)24-17-8-9-18(24)13-19(12-17)23-11-10-22-14-23/h4-7,10-11,14,17-19H,8-9,12-13H2,1-3H3. The van der Waals surface area contributed by atoms with Crippen molar-refractivity contribution in [2.75, 3.05) is 0 Å². The van der Waals surface area contributed by atoms with E-state index >= 15 is 0 Å². The highest BCUT2D eigenvalue weighted by Gasteiger charge is 2.43. The summed E-state index contributed by atoms with van der Waals surface area (Å²) in [5.74, 6) is 0.206. The molecule has 1 aromatic carbocycles. The number of imidazole rings is 1. The molecule has 0 radical (unpaired) electrons. The maximum atomic E-state index is 13.1. The number of piperidine rings is 1.